The Labute approximate surface area is 163 Å². The fraction of sp³-hybridized carbons (Fsp3) is 0.0556. The molecule has 8 heteroatoms. The van der Waals surface area contributed by atoms with Gasteiger partial charge in [0.05, 0.1) is 12.8 Å². The van der Waals surface area contributed by atoms with Gasteiger partial charge in [-0.3, -0.25) is 19.8 Å². The molecule has 0 radical (unpaired) electrons. The summed E-state index contributed by atoms with van der Waals surface area (Å²) in [4.78, 5) is 26.4. The zero-order valence-corrected chi connectivity index (χ0v) is 15.9. The van der Waals surface area contributed by atoms with Crippen LogP contribution in [0, 0.1) is 0 Å². The van der Waals surface area contributed by atoms with Crippen LogP contribution < -0.4 is 15.0 Å². The Balaban J connectivity index is 2.06. The first kappa shape index (κ1) is 18.1. The van der Waals surface area contributed by atoms with E-state index >= 15 is 0 Å². The van der Waals surface area contributed by atoms with Gasteiger partial charge in [0.1, 0.15) is 5.57 Å². The van der Waals surface area contributed by atoms with Gasteiger partial charge >= 0.3 is 0 Å². The van der Waals surface area contributed by atoms with Gasteiger partial charge in [-0.25, -0.2) is 0 Å². The summed E-state index contributed by atoms with van der Waals surface area (Å²) in [6.45, 7) is 0. The number of carbonyl (C=O) groups excluding carboxylic acids is 2. The second-order valence-corrected chi connectivity index (χ2v) is 6.64. The zero-order valence-electron chi connectivity index (χ0n) is 13.5. The van der Waals surface area contributed by atoms with Crippen molar-refractivity contribution in [1.82, 2.24) is 5.32 Å². The van der Waals surface area contributed by atoms with Gasteiger partial charge < -0.3 is 9.84 Å². The Morgan fingerprint density at radius 2 is 1.96 bits per heavy atom. The van der Waals surface area contributed by atoms with Crippen LogP contribution in [0.4, 0.5) is 5.69 Å². The number of hydrogen-bond donors (Lipinski definition) is 2. The lowest BCUT2D eigenvalue weighted by atomic mass is 10.1. The third kappa shape index (κ3) is 3.33. The van der Waals surface area contributed by atoms with E-state index in [4.69, 9.17) is 17.0 Å². The van der Waals surface area contributed by atoms with Gasteiger partial charge in [-0.15, -0.1) is 0 Å². The van der Waals surface area contributed by atoms with Gasteiger partial charge in [0.25, 0.3) is 11.8 Å². The van der Waals surface area contributed by atoms with Crippen molar-refractivity contribution in [1.29, 1.82) is 0 Å². The lowest BCUT2D eigenvalue weighted by Gasteiger charge is -2.29. The lowest BCUT2D eigenvalue weighted by Crippen LogP contribution is -2.54. The van der Waals surface area contributed by atoms with Crippen LogP contribution in [0.15, 0.2) is 52.5 Å². The Hall–Kier alpha value is -2.71. The van der Waals surface area contributed by atoms with Crippen LogP contribution in [0.1, 0.15) is 5.56 Å². The quantitative estimate of drug-likeness (QED) is 0.442. The molecule has 6 nitrogen and oxygen atoms in total. The van der Waals surface area contributed by atoms with Gasteiger partial charge in [-0.1, -0.05) is 34.1 Å². The predicted molar refractivity (Wildman–Crippen MR) is 105 cm³/mol. The minimum absolute atomic E-state index is 0.00915. The number of para-hydroxylation sites is 1. The van der Waals surface area contributed by atoms with Crippen molar-refractivity contribution in [3.63, 3.8) is 0 Å². The number of carbonyl (C=O) groups is 2. The standard InChI is InChI=1S/C18H13BrN2O4S/c1-25-14-7-2-4-10(15(14)22)8-13-16(23)20-18(26)21(17(13)24)12-6-3-5-11(19)9-12/h2-9,22H,1H3,(H,20,23,26)/b13-8+. The van der Waals surface area contributed by atoms with Crippen molar-refractivity contribution in [2.45, 2.75) is 0 Å². The number of halogens is 1. The molecule has 1 heterocycles. The molecule has 1 aliphatic heterocycles. The van der Waals surface area contributed by atoms with E-state index in [2.05, 4.69) is 21.2 Å². The first-order valence-corrected chi connectivity index (χ1v) is 8.65. The Bertz CT molecular complexity index is 958. The molecule has 1 aliphatic rings. The number of phenols is 1. The van der Waals surface area contributed by atoms with Crippen molar-refractivity contribution < 1.29 is 19.4 Å². The predicted octanol–water partition coefficient (Wildman–Crippen LogP) is 2.99. The molecule has 0 aromatic heterocycles. The molecule has 2 aromatic carbocycles. The van der Waals surface area contributed by atoms with Crippen molar-refractivity contribution in [3.05, 3.63) is 58.1 Å². The average Bonchev–Trinajstić information content (AvgIpc) is 2.60. The molecule has 0 saturated carbocycles. The van der Waals surface area contributed by atoms with E-state index in [1.54, 1.807) is 36.4 Å². The Morgan fingerprint density at radius 1 is 1.23 bits per heavy atom. The normalized spacial score (nSPS) is 16.0. The smallest absolute Gasteiger partial charge is 0.270 e. The van der Waals surface area contributed by atoms with Crippen molar-refractivity contribution in [2.24, 2.45) is 0 Å². The van der Waals surface area contributed by atoms with Crippen LogP contribution >= 0.6 is 28.1 Å². The van der Waals surface area contributed by atoms with Gasteiger partial charge in [-0.05, 0) is 42.6 Å². The summed E-state index contributed by atoms with van der Waals surface area (Å²) in [5.41, 5.74) is 0.641. The highest BCUT2D eigenvalue weighted by Crippen LogP contribution is 2.32. The third-order valence-electron chi connectivity index (χ3n) is 3.72. The molecule has 132 valence electrons. The van der Waals surface area contributed by atoms with Gasteiger partial charge in [0.15, 0.2) is 16.6 Å². The fourth-order valence-electron chi connectivity index (χ4n) is 2.48. The van der Waals surface area contributed by atoms with Crippen molar-refractivity contribution >= 4 is 56.8 Å². The number of hydrogen-bond acceptors (Lipinski definition) is 5. The Morgan fingerprint density at radius 3 is 2.65 bits per heavy atom. The SMILES string of the molecule is COc1cccc(/C=C2\C(=O)NC(=S)N(c3cccc(Br)c3)C2=O)c1O. The molecule has 3 rings (SSSR count). The Kier molecular flexibility index (Phi) is 5.06. The maximum absolute atomic E-state index is 12.9. The van der Waals surface area contributed by atoms with Gasteiger partial charge in [0, 0.05) is 10.0 Å². The highest BCUT2D eigenvalue weighted by atomic mass is 79.9. The monoisotopic (exact) mass is 432 g/mol. The fourth-order valence-corrected chi connectivity index (χ4v) is 3.15. The number of phenolic OH excluding ortho intramolecular Hbond substituents is 1. The lowest BCUT2D eigenvalue weighted by molar-refractivity contribution is -0.122. The van der Waals surface area contributed by atoms with E-state index in [-0.39, 0.29) is 27.7 Å². The number of anilines is 1. The summed E-state index contributed by atoms with van der Waals surface area (Å²) in [5.74, 6) is -1.14. The first-order chi connectivity index (χ1) is 12.4. The number of amides is 2. The molecule has 0 atom stereocenters. The minimum Gasteiger partial charge on any atom is -0.504 e. The highest BCUT2D eigenvalue weighted by Gasteiger charge is 2.34. The maximum Gasteiger partial charge on any atom is 0.270 e. The van der Waals surface area contributed by atoms with Crippen LogP contribution in [-0.4, -0.2) is 29.1 Å². The molecule has 0 spiro atoms. The van der Waals surface area contributed by atoms with Crippen LogP contribution in [0.5, 0.6) is 11.5 Å². The van der Waals surface area contributed by atoms with Crippen LogP contribution in [0.2, 0.25) is 0 Å². The van der Waals surface area contributed by atoms with E-state index in [0.717, 1.165) is 4.47 Å². The summed E-state index contributed by atoms with van der Waals surface area (Å²) in [6.07, 6.45) is 1.31. The maximum atomic E-state index is 12.9. The molecule has 2 aromatic rings. The second kappa shape index (κ2) is 7.27. The molecule has 0 bridgehead atoms. The van der Waals surface area contributed by atoms with Crippen LogP contribution in [0.3, 0.4) is 0 Å². The number of aromatic hydroxyl groups is 1. The van der Waals surface area contributed by atoms with E-state index in [1.165, 1.54) is 18.1 Å². The zero-order chi connectivity index (χ0) is 18.8. The third-order valence-corrected chi connectivity index (χ3v) is 4.50. The highest BCUT2D eigenvalue weighted by molar-refractivity contribution is 9.10. The number of nitrogens with one attached hydrogen (secondary N) is 1. The van der Waals surface area contributed by atoms with E-state index in [1.807, 2.05) is 6.07 Å². The minimum atomic E-state index is -0.631. The summed E-state index contributed by atoms with van der Waals surface area (Å²) < 4.78 is 5.81. The van der Waals surface area contributed by atoms with Crippen LogP contribution in [-0.2, 0) is 9.59 Å². The number of thiocarbonyl (C=S) groups is 1. The van der Waals surface area contributed by atoms with Crippen LogP contribution in [0.25, 0.3) is 6.08 Å². The van der Waals surface area contributed by atoms with Gasteiger partial charge in [-0.2, -0.15) is 0 Å². The molecule has 0 unspecified atom stereocenters. The summed E-state index contributed by atoms with van der Waals surface area (Å²) in [5, 5.41) is 12.7. The summed E-state index contributed by atoms with van der Waals surface area (Å²) in [6, 6.07) is 11.8. The molecule has 0 aliphatic carbocycles. The molecule has 2 N–H and O–H groups in total. The number of methoxy groups -OCH3 is 1. The largest absolute Gasteiger partial charge is 0.504 e. The summed E-state index contributed by atoms with van der Waals surface area (Å²) in [7, 11) is 1.41. The molecule has 1 saturated heterocycles. The molecule has 1 fully saturated rings. The number of rotatable bonds is 3. The topological polar surface area (TPSA) is 78.9 Å². The van der Waals surface area contributed by atoms with Crippen molar-refractivity contribution in [3.8, 4) is 11.5 Å². The molecular formula is C18H13BrN2O4S. The number of nitrogens with zero attached hydrogens (tertiary/aromatic N) is 1. The number of benzene rings is 2. The molecule has 26 heavy (non-hydrogen) atoms. The van der Waals surface area contributed by atoms with E-state index in [0.29, 0.717) is 5.69 Å². The van der Waals surface area contributed by atoms with Gasteiger partial charge in [0.2, 0.25) is 0 Å². The molecule has 2 amide bonds. The molecular weight excluding hydrogens is 420 g/mol. The van der Waals surface area contributed by atoms with E-state index in [9.17, 15) is 14.7 Å². The average molecular weight is 433 g/mol. The van der Waals surface area contributed by atoms with Crippen molar-refractivity contribution in [2.75, 3.05) is 12.0 Å². The number of ether oxygens (including phenoxy) is 1. The first-order valence-electron chi connectivity index (χ1n) is 7.45. The second-order valence-electron chi connectivity index (χ2n) is 5.34. The van der Waals surface area contributed by atoms with E-state index < -0.39 is 11.8 Å². The summed E-state index contributed by atoms with van der Waals surface area (Å²) >= 11 is 8.50.